The van der Waals surface area contributed by atoms with E-state index in [1.807, 2.05) is 19.9 Å². The summed E-state index contributed by atoms with van der Waals surface area (Å²) in [5.74, 6) is -0.357. The van der Waals surface area contributed by atoms with Crippen molar-refractivity contribution in [2.24, 2.45) is 10.1 Å². The molecule has 0 atom stereocenters. The summed E-state index contributed by atoms with van der Waals surface area (Å²) in [6.07, 6.45) is 1.76. The fourth-order valence-corrected chi connectivity index (χ4v) is 5.16. The van der Waals surface area contributed by atoms with Gasteiger partial charge in [0.25, 0.3) is 5.91 Å². The highest BCUT2D eigenvalue weighted by molar-refractivity contribution is 8.26. The van der Waals surface area contributed by atoms with Gasteiger partial charge in [-0.15, -0.1) is 5.10 Å². The van der Waals surface area contributed by atoms with Gasteiger partial charge in [0, 0.05) is 30.2 Å². The van der Waals surface area contributed by atoms with Gasteiger partial charge in [0.2, 0.25) is 5.17 Å². The predicted octanol–water partition coefficient (Wildman–Crippen LogP) is 3.62. The number of ether oxygens (including phenoxy) is 1. The number of benzene rings is 1. The summed E-state index contributed by atoms with van der Waals surface area (Å²) in [4.78, 5) is 19.2. The number of aromatic nitrogens is 1. The van der Waals surface area contributed by atoms with E-state index >= 15 is 0 Å². The van der Waals surface area contributed by atoms with Gasteiger partial charge >= 0.3 is 0 Å². The van der Waals surface area contributed by atoms with Gasteiger partial charge in [-0.2, -0.15) is 10.0 Å². The van der Waals surface area contributed by atoms with Gasteiger partial charge in [-0.3, -0.25) is 10.2 Å². The van der Waals surface area contributed by atoms with Crippen LogP contribution < -0.4 is 0 Å². The van der Waals surface area contributed by atoms with E-state index in [-0.39, 0.29) is 11.4 Å². The second-order valence-corrected chi connectivity index (χ2v) is 9.37. The van der Waals surface area contributed by atoms with Crippen LogP contribution in [0.25, 0.3) is 11.8 Å². The van der Waals surface area contributed by atoms with Crippen molar-refractivity contribution in [3.63, 3.8) is 0 Å². The lowest BCUT2D eigenvalue weighted by Gasteiger charge is -2.26. The van der Waals surface area contributed by atoms with E-state index in [2.05, 4.69) is 51.6 Å². The van der Waals surface area contributed by atoms with Crippen LogP contribution in [0.1, 0.15) is 28.1 Å². The lowest BCUT2D eigenvalue weighted by molar-refractivity contribution is -0.114. The van der Waals surface area contributed by atoms with Crippen LogP contribution in [-0.4, -0.2) is 62.9 Å². The van der Waals surface area contributed by atoms with Crippen LogP contribution in [0, 0.1) is 33.1 Å². The van der Waals surface area contributed by atoms with Gasteiger partial charge in [0.1, 0.15) is 0 Å². The minimum absolute atomic E-state index is 0.0525. The largest absolute Gasteiger partial charge is 0.378 e. The molecule has 33 heavy (non-hydrogen) atoms. The molecule has 3 aliphatic heterocycles. The average molecular weight is 463 g/mol. The number of hydrazone groups is 1. The number of fused-ring (bicyclic) bond motifs is 1. The van der Waals surface area contributed by atoms with E-state index in [4.69, 9.17) is 10.1 Å². The van der Waals surface area contributed by atoms with Crippen molar-refractivity contribution in [1.29, 1.82) is 5.41 Å². The molecule has 9 heteroatoms. The van der Waals surface area contributed by atoms with Gasteiger partial charge in [0.05, 0.1) is 18.8 Å². The van der Waals surface area contributed by atoms with E-state index in [9.17, 15) is 4.79 Å². The number of amides is 1. The van der Waals surface area contributed by atoms with E-state index in [0.29, 0.717) is 18.4 Å². The maximum Gasteiger partial charge on any atom is 0.283 e. The molecule has 0 spiro atoms. The average Bonchev–Trinajstić information content (AvgIpc) is 3.34. The summed E-state index contributed by atoms with van der Waals surface area (Å²) in [5, 5.41) is 15.9. The van der Waals surface area contributed by atoms with Crippen LogP contribution in [0.4, 0.5) is 0 Å². The molecule has 8 nitrogen and oxygen atoms in total. The van der Waals surface area contributed by atoms with Crippen molar-refractivity contribution in [1.82, 2.24) is 14.5 Å². The van der Waals surface area contributed by atoms with Crippen molar-refractivity contribution in [2.45, 2.75) is 27.7 Å². The van der Waals surface area contributed by atoms with E-state index < -0.39 is 5.91 Å². The van der Waals surface area contributed by atoms with E-state index in [1.54, 1.807) is 6.08 Å². The molecule has 1 amide bonds. The first kappa shape index (κ1) is 21.7. The number of aryl methyl sites for hydroxylation is 3. The summed E-state index contributed by atoms with van der Waals surface area (Å²) >= 11 is 1.33. The zero-order valence-corrected chi connectivity index (χ0v) is 20.0. The predicted molar refractivity (Wildman–Crippen MR) is 132 cm³/mol. The fraction of sp³-hybridized carbons (Fsp3) is 0.333. The minimum Gasteiger partial charge on any atom is -0.378 e. The molecule has 1 saturated heterocycles. The Morgan fingerprint density at radius 2 is 1.82 bits per heavy atom. The van der Waals surface area contributed by atoms with E-state index in [0.717, 1.165) is 40.9 Å². The van der Waals surface area contributed by atoms with Crippen LogP contribution >= 0.6 is 11.8 Å². The molecular weight excluding hydrogens is 436 g/mol. The highest BCUT2D eigenvalue weighted by atomic mass is 32.2. The molecule has 1 fully saturated rings. The third-order valence-corrected chi connectivity index (χ3v) is 7.21. The number of nitrogens with zero attached hydrogens (tertiary/aromatic N) is 5. The Morgan fingerprint density at radius 3 is 2.55 bits per heavy atom. The molecule has 5 rings (SSSR count). The summed E-state index contributed by atoms with van der Waals surface area (Å²) in [5.41, 5.74) is 6.76. The molecule has 1 aromatic carbocycles. The van der Waals surface area contributed by atoms with Crippen LogP contribution in [0.5, 0.6) is 0 Å². The molecule has 0 saturated carbocycles. The Labute approximate surface area is 197 Å². The van der Waals surface area contributed by atoms with Crippen molar-refractivity contribution in [3.05, 3.63) is 57.9 Å². The van der Waals surface area contributed by atoms with Crippen molar-refractivity contribution < 1.29 is 9.53 Å². The summed E-state index contributed by atoms with van der Waals surface area (Å²) in [6, 6.07) is 8.43. The normalized spacial score (nSPS) is 19.8. The first-order valence-corrected chi connectivity index (χ1v) is 11.7. The number of thioether (sulfide) groups is 1. The second-order valence-electron chi connectivity index (χ2n) is 8.43. The molecule has 170 valence electrons. The molecule has 0 radical (unpaired) electrons. The highest BCUT2D eigenvalue weighted by Crippen LogP contribution is 2.31. The second kappa shape index (κ2) is 8.31. The van der Waals surface area contributed by atoms with Gasteiger partial charge in [-0.25, -0.2) is 0 Å². The molecule has 1 aromatic heterocycles. The maximum absolute atomic E-state index is 12.9. The number of carbonyl (C=O) groups excluding carboxylic acids is 1. The smallest absolute Gasteiger partial charge is 0.283 e. The van der Waals surface area contributed by atoms with E-state index in [1.165, 1.54) is 27.9 Å². The van der Waals surface area contributed by atoms with Crippen molar-refractivity contribution in [3.8, 4) is 5.69 Å². The highest BCUT2D eigenvalue weighted by Gasteiger charge is 2.37. The zero-order chi connectivity index (χ0) is 23.3. The van der Waals surface area contributed by atoms with Gasteiger partial charge in [-0.05, 0) is 80.4 Å². The first-order valence-electron chi connectivity index (χ1n) is 10.9. The monoisotopic (exact) mass is 462 g/mol. The molecule has 0 bridgehead atoms. The number of amidine groups is 3. The quantitative estimate of drug-likeness (QED) is 0.689. The minimum atomic E-state index is -0.409. The van der Waals surface area contributed by atoms with Crippen LogP contribution in [0.15, 0.2) is 39.9 Å². The number of nitrogens with one attached hydrogen (secondary N) is 1. The Bertz CT molecular complexity index is 1270. The number of aliphatic imine (C=N–C) groups is 1. The summed E-state index contributed by atoms with van der Waals surface area (Å²) in [6.45, 7) is 11.0. The van der Waals surface area contributed by atoms with Gasteiger partial charge in [0.15, 0.2) is 11.0 Å². The topological polar surface area (TPSA) is 86.3 Å². The Hall–Kier alpha value is -3.17. The first-order chi connectivity index (χ1) is 15.8. The van der Waals surface area contributed by atoms with Crippen molar-refractivity contribution >= 4 is 39.9 Å². The number of rotatable bonds is 2. The third-order valence-electron chi connectivity index (χ3n) is 6.24. The SMILES string of the molecule is Cc1ccc(-n2c(C)cc(/C=C3\C(=N)N4N=C(N5CCOCC5)SC4=NC3=O)c2C)cc1C. The summed E-state index contributed by atoms with van der Waals surface area (Å²) < 4.78 is 7.58. The molecular formula is C24H26N6O2S. The molecule has 1 N–H and O–H groups in total. The third kappa shape index (κ3) is 3.81. The molecule has 4 heterocycles. The molecule has 2 aromatic rings. The lowest BCUT2D eigenvalue weighted by atomic mass is 10.1. The zero-order valence-electron chi connectivity index (χ0n) is 19.2. The number of carbonyl (C=O) groups is 1. The van der Waals surface area contributed by atoms with Crippen LogP contribution in [-0.2, 0) is 9.53 Å². The molecule has 0 unspecified atom stereocenters. The maximum atomic E-state index is 12.9. The summed E-state index contributed by atoms with van der Waals surface area (Å²) in [7, 11) is 0. The fourth-order valence-electron chi connectivity index (χ4n) is 4.22. The number of hydrogen-bond acceptors (Lipinski definition) is 6. The number of morpholine rings is 1. The van der Waals surface area contributed by atoms with Crippen LogP contribution in [0.2, 0.25) is 0 Å². The molecule has 3 aliphatic rings. The Kier molecular flexibility index (Phi) is 5.46. The number of hydrogen-bond donors (Lipinski definition) is 1. The van der Waals surface area contributed by atoms with Gasteiger partial charge in [-0.1, -0.05) is 6.07 Å². The lowest BCUT2D eigenvalue weighted by Crippen LogP contribution is -2.39. The van der Waals surface area contributed by atoms with Crippen LogP contribution in [0.3, 0.4) is 0 Å². The van der Waals surface area contributed by atoms with Crippen molar-refractivity contribution in [2.75, 3.05) is 26.3 Å². The van der Waals surface area contributed by atoms with Gasteiger partial charge < -0.3 is 14.2 Å². The standard InChI is InChI=1S/C24H26N6O2S/c1-14-5-6-19(11-15(14)2)29-16(3)12-18(17(29)4)13-20-21(25)30-23(26-22(20)31)33-24(27-30)28-7-9-32-10-8-28/h5-6,11-13,25H,7-10H2,1-4H3/b20-13+,25-21?. The molecule has 0 aliphatic carbocycles. The Morgan fingerprint density at radius 1 is 1.06 bits per heavy atom. The Balaban J connectivity index is 1.48.